The largest absolute Gasteiger partial charge is 0.394 e. The molecule has 1 heterocycles. The van der Waals surface area contributed by atoms with E-state index in [1.807, 2.05) is 18.2 Å². The minimum absolute atomic E-state index is 0.00191. The van der Waals surface area contributed by atoms with Crippen LogP contribution >= 0.6 is 11.8 Å². The van der Waals surface area contributed by atoms with Gasteiger partial charge < -0.3 is 14.6 Å². The Kier molecular flexibility index (Phi) is 6.55. The van der Waals surface area contributed by atoms with Crippen molar-refractivity contribution in [3.05, 3.63) is 35.9 Å². The molecule has 0 spiro atoms. The summed E-state index contributed by atoms with van der Waals surface area (Å²) in [5, 5.41) is 9.48. The van der Waals surface area contributed by atoms with Crippen molar-refractivity contribution in [3.63, 3.8) is 0 Å². The van der Waals surface area contributed by atoms with E-state index >= 15 is 0 Å². The van der Waals surface area contributed by atoms with Crippen molar-refractivity contribution in [2.24, 2.45) is 11.8 Å². The average molecular weight is 310 g/mol. The predicted molar refractivity (Wildman–Crippen MR) is 87.2 cm³/mol. The minimum Gasteiger partial charge on any atom is -0.394 e. The quantitative estimate of drug-likeness (QED) is 0.875. The topological polar surface area (TPSA) is 38.7 Å². The minimum atomic E-state index is -0.0828. The summed E-state index contributed by atoms with van der Waals surface area (Å²) < 4.78 is 12.2. The van der Waals surface area contributed by atoms with Crippen LogP contribution in [0.15, 0.2) is 30.3 Å². The second kappa shape index (κ2) is 8.18. The van der Waals surface area contributed by atoms with Gasteiger partial charge in [0.05, 0.1) is 25.4 Å². The van der Waals surface area contributed by atoms with Gasteiger partial charge in [-0.3, -0.25) is 0 Å². The standard InChI is InChI=1S/C17H26O3S/c1-4-21-17-16(13(3)12(2)15(10-18)20-17)19-11-14-8-6-5-7-9-14/h5-9,12-13,15-18H,4,10-11H2,1-3H3/t12-,13-,15?,16?,17+/m0/s1. The molecule has 1 aliphatic heterocycles. The van der Waals surface area contributed by atoms with Gasteiger partial charge >= 0.3 is 0 Å². The number of ether oxygens (including phenoxy) is 2. The molecule has 4 heteroatoms. The van der Waals surface area contributed by atoms with Crippen molar-refractivity contribution in [2.45, 2.75) is 45.0 Å². The second-order valence-corrected chi connectivity index (χ2v) is 7.04. The van der Waals surface area contributed by atoms with Gasteiger partial charge in [-0.2, -0.15) is 0 Å². The number of aliphatic hydroxyl groups is 1. The first kappa shape index (κ1) is 16.8. The summed E-state index contributed by atoms with van der Waals surface area (Å²) in [7, 11) is 0. The normalized spacial score (nSPS) is 33.0. The Labute approximate surface area is 132 Å². The van der Waals surface area contributed by atoms with Gasteiger partial charge in [0.2, 0.25) is 0 Å². The fraction of sp³-hybridized carbons (Fsp3) is 0.647. The van der Waals surface area contributed by atoms with Crippen LogP contribution in [-0.4, -0.2) is 35.1 Å². The van der Waals surface area contributed by atoms with Gasteiger partial charge in [0, 0.05) is 0 Å². The van der Waals surface area contributed by atoms with E-state index in [-0.39, 0.29) is 24.3 Å². The Bertz CT molecular complexity index is 412. The third-order valence-corrected chi connectivity index (χ3v) is 5.35. The molecule has 1 aliphatic rings. The number of hydrogen-bond acceptors (Lipinski definition) is 4. The maximum absolute atomic E-state index is 9.48. The second-order valence-electron chi connectivity index (χ2n) is 5.66. The summed E-state index contributed by atoms with van der Waals surface area (Å²) in [6, 6.07) is 10.2. The molecule has 0 amide bonds. The van der Waals surface area contributed by atoms with Crippen molar-refractivity contribution in [1.82, 2.24) is 0 Å². The van der Waals surface area contributed by atoms with Crippen molar-refractivity contribution >= 4 is 11.8 Å². The number of hydrogen-bond donors (Lipinski definition) is 1. The lowest BCUT2D eigenvalue weighted by atomic mass is 9.84. The van der Waals surface area contributed by atoms with Crippen LogP contribution in [0.5, 0.6) is 0 Å². The highest BCUT2D eigenvalue weighted by Gasteiger charge is 2.41. The molecular weight excluding hydrogens is 284 g/mol. The maximum Gasteiger partial charge on any atom is 0.130 e. The van der Waals surface area contributed by atoms with Crippen molar-refractivity contribution in [2.75, 3.05) is 12.4 Å². The molecule has 0 bridgehead atoms. The van der Waals surface area contributed by atoms with Crippen LogP contribution in [0.4, 0.5) is 0 Å². The van der Waals surface area contributed by atoms with Gasteiger partial charge in [0.15, 0.2) is 0 Å². The van der Waals surface area contributed by atoms with E-state index in [4.69, 9.17) is 9.47 Å². The molecule has 21 heavy (non-hydrogen) atoms. The van der Waals surface area contributed by atoms with Crippen LogP contribution in [0, 0.1) is 11.8 Å². The maximum atomic E-state index is 9.48. The van der Waals surface area contributed by atoms with E-state index in [2.05, 4.69) is 32.9 Å². The molecule has 0 aliphatic carbocycles. The van der Waals surface area contributed by atoms with Crippen molar-refractivity contribution in [1.29, 1.82) is 0 Å². The van der Waals surface area contributed by atoms with Gasteiger partial charge in [-0.15, -0.1) is 11.8 Å². The molecule has 1 N–H and O–H groups in total. The summed E-state index contributed by atoms with van der Waals surface area (Å²) in [6.07, 6.45) is -0.0198. The van der Waals surface area contributed by atoms with Gasteiger partial charge in [-0.25, -0.2) is 0 Å². The van der Waals surface area contributed by atoms with E-state index in [0.717, 1.165) is 5.75 Å². The Balaban J connectivity index is 2.03. The molecule has 0 radical (unpaired) electrons. The van der Waals surface area contributed by atoms with Crippen LogP contribution in [0.25, 0.3) is 0 Å². The fourth-order valence-corrected chi connectivity index (χ4v) is 3.83. The third-order valence-electron chi connectivity index (χ3n) is 4.31. The van der Waals surface area contributed by atoms with Crippen LogP contribution < -0.4 is 0 Å². The van der Waals surface area contributed by atoms with E-state index in [1.54, 1.807) is 11.8 Å². The highest BCUT2D eigenvalue weighted by Crippen LogP contribution is 2.37. The SMILES string of the molecule is CCS[C@H]1OC(CO)[C@@H](C)[C@H](C)C1OCc1ccccc1. The van der Waals surface area contributed by atoms with Crippen LogP contribution in [0.3, 0.4) is 0 Å². The summed E-state index contributed by atoms with van der Waals surface area (Å²) in [6.45, 7) is 7.15. The molecule has 2 unspecified atom stereocenters. The first-order chi connectivity index (χ1) is 10.2. The Morgan fingerprint density at radius 3 is 2.52 bits per heavy atom. The zero-order chi connectivity index (χ0) is 15.2. The molecule has 1 aromatic rings. The molecule has 1 aromatic carbocycles. The Hall–Kier alpha value is -0.550. The first-order valence-corrected chi connectivity index (χ1v) is 8.75. The van der Waals surface area contributed by atoms with Crippen molar-refractivity contribution in [3.8, 4) is 0 Å². The van der Waals surface area contributed by atoms with Crippen LogP contribution in [-0.2, 0) is 16.1 Å². The first-order valence-electron chi connectivity index (χ1n) is 7.70. The molecule has 5 atom stereocenters. The van der Waals surface area contributed by atoms with E-state index in [9.17, 15) is 5.11 Å². The number of benzene rings is 1. The fourth-order valence-electron chi connectivity index (χ4n) is 2.76. The smallest absolute Gasteiger partial charge is 0.130 e. The zero-order valence-corrected chi connectivity index (χ0v) is 13.9. The van der Waals surface area contributed by atoms with E-state index in [1.165, 1.54) is 5.56 Å². The van der Waals surface area contributed by atoms with Gasteiger partial charge in [-0.1, -0.05) is 51.1 Å². The monoisotopic (exact) mass is 310 g/mol. The lowest BCUT2D eigenvalue weighted by molar-refractivity contribution is -0.168. The summed E-state index contributed by atoms with van der Waals surface area (Å²) >= 11 is 1.76. The summed E-state index contributed by atoms with van der Waals surface area (Å²) in [5.41, 5.74) is 1.18. The molecule has 2 rings (SSSR count). The number of rotatable bonds is 6. The van der Waals surface area contributed by atoms with Crippen LogP contribution in [0.1, 0.15) is 26.3 Å². The van der Waals surface area contributed by atoms with Gasteiger partial charge in [-0.05, 0) is 23.2 Å². The molecule has 0 saturated carbocycles. The molecule has 118 valence electrons. The number of thioether (sulfide) groups is 1. The molecule has 0 aromatic heterocycles. The number of aliphatic hydroxyl groups excluding tert-OH is 1. The zero-order valence-electron chi connectivity index (χ0n) is 13.1. The highest BCUT2D eigenvalue weighted by molar-refractivity contribution is 7.99. The Morgan fingerprint density at radius 2 is 1.90 bits per heavy atom. The predicted octanol–water partition coefficient (Wildman–Crippen LogP) is 3.31. The van der Waals surface area contributed by atoms with Crippen LogP contribution in [0.2, 0.25) is 0 Å². The van der Waals surface area contributed by atoms with Crippen molar-refractivity contribution < 1.29 is 14.6 Å². The summed E-state index contributed by atoms with van der Waals surface area (Å²) in [4.78, 5) is 0. The van der Waals surface area contributed by atoms with E-state index < -0.39 is 0 Å². The lowest BCUT2D eigenvalue weighted by Crippen LogP contribution is -2.50. The summed E-state index contributed by atoms with van der Waals surface area (Å²) in [5.74, 6) is 1.64. The van der Waals surface area contributed by atoms with E-state index in [0.29, 0.717) is 18.4 Å². The Morgan fingerprint density at radius 1 is 1.19 bits per heavy atom. The highest BCUT2D eigenvalue weighted by atomic mass is 32.2. The average Bonchev–Trinajstić information content (AvgIpc) is 2.51. The van der Waals surface area contributed by atoms with Gasteiger partial charge in [0.1, 0.15) is 5.44 Å². The molecular formula is C17H26O3S. The lowest BCUT2D eigenvalue weighted by Gasteiger charge is -2.43. The third kappa shape index (κ3) is 4.22. The molecule has 3 nitrogen and oxygen atoms in total. The molecule has 1 fully saturated rings. The van der Waals surface area contributed by atoms with Gasteiger partial charge in [0.25, 0.3) is 0 Å². The molecule has 1 saturated heterocycles.